The maximum atomic E-state index is 11.8. The molecule has 0 atom stereocenters. The Labute approximate surface area is 142 Å². The number of nitrogens with zero attached hydrogens (tertiary/aromatic N) is 1. The molecule has 0 spiro atoms. The van der Waals surface area contributed by atoms with Gasteiger partial charge in [-0.3, -0.25) is 0 Å². The van der Waals surface area contributed by atoms with Crippen molar-refractivity contribution in [2.75, 3.05) is 6.61 Å². The van der Waals surface area contributed by atoms with Crippen molar-refractivity contribution in [2.45, 2.75) is 6.92 Å². The summed E-state index contributed by atoms with van der Waals surface area (Å²) in [6.07, 6.45) is 0. The van der Waals surface area contributed by atoms with Gasteiger partial charge in [0.05, 0.1) is 12.2 Å². The van der Waals surface area contributed by atoms with Crippen molar-refractivity contribution in [3.8, 4) is 22.6 Å². The molecule has 23 heavy (non-hydrogen) atoms. The van der Waals surface area contributed by atoms with Gasteiger partial charge >= 0.3 is 5.97 Å². The van der Waals surface area contributed by atoms with Gasteiger partial charge in [-0.15, -0.1) is 0 Å². The molecule has 0 aliphatic heterocycles. The molecule has 1 aromatic heterocycles. The number of benzene rings is 2. The van der Waals surface area contributed by atoms with Crippen LogP contribution in [0.2, 0.25) is 0 Å². The minimum Gasteiger partial charge on any atom is -0.462 e. The third-order valence-electron chi connectivity index (χ3n) is 3.31. The second kappa shape index (κ2) is 6.79. The van der Waals surface area contributed by atoms with Crippen molar-refractivity contribution in [1.82, 2.24) is 5.16 Å². The lowest BCUT2D eigenvalue weighted by Gasteiger charge is -2.02. The summed E-state index contributed by atoms with van der Waals surface area (Å²) in [5, 5.41) is 4.10. The summed E-state index contributed by atoms with van der Waals surface area (Å²) < 4.78 is 11.4. The fourth-order valence-electron chi connectivity index (χ4n) is 2.18. The largest absolute Gasteiger partial charge is 0.462 e. The smallest absolute Gasteiger partial charge is 0.338 e. The molecule has 3 aromatic rings. The van der Waals surface area contributed by atoms with Crippen molar-refractivity contribution in [3.63, 3.8) is 0 Å². The number of ether oxygens (including phenoxy) is 1. The Morgan fingerprint density at radius 2 is 1.91 bits per heavy atom. The van der Waals surface area contributed by atoms with Gasteiger partial charge < -0.3 is 9.26 Å². The fourth-order valence-corrected chi connectivity index (χ4v) is 2.45. The Balaban J connectivity index is 1.90. The molecular formula is C18H14BrNO3. The number of esters is 1. The average molecular weight is 372 g/mol. The molecule has 116 valence electrons. The molecule has 4 nitrogen and oxygen atoms in total. The number of carbonyl (C=O) groups excluding carboxylic acids is 1. The summed E-state index contributed by atoms with van der Waals surface area (Å²) in [4.78, 5) is 11.8. The van der Waals surface area contributed by atoms with Gasteiger partial charge in [0.1, 0.15) is 5.69 Å². The van der Waals surface area contributed by atoms with E-state index in [1.807, 2.05) is 36.4 Å². The normalized spacial score (nSPS) is 10.5. The van der Waals surface area contributed by atoms with E-state index < -0.39 is 0 Å². The Kier molecular flexibility index (Phi) is 4.57. The van der Waals surface area contributed by atoms with Crippen LogP contribution >= 0.6 is 15.9 Å². The van der Waals surface area contributed by atoms with Crippen LogP contribution in [0.15, 0.2) is 63.6 Å². The summed E-state index contributed by atoms with van der Waals surface area (Å²) >= 11 is 3.41. The van der Waals surface area contributed by atoms with Gasteiger partial charge in [-0.25, -0.2) is 4.79 Å². The first-order valence-corrected chi connectivity index (χ1v) is 7.97. The quantitative estimate of drug-likeness (QED) is 0.609. The number of carbonyl (C=O) groups is 1. The molecule has 0 amide bonds. The van der Waals surface area contributed by atoms with E-state index in [4.69, 9.17) is 9.26 Å². The molecule has 0 saturated carbocycles. The lowest BCUT2D eigenvalue weighted by molar-refractivity contribution is 0.0526. The topological polar surface area (TPSA) is 52.3 Å². The molecule has 0 radical (unpaired) electrons. The highest BCUT2D eigenvalue weighted by Gasteiger charge is 2.12. The van der Waals surface area contributed by atoms with E-state index in [1.165, 1.54) is 0 Å². The number of hydrogen-bond donors (Lipinski definition) is 0. The molecular weight excluding hydrogens is 358 g/mol. The first-order valence-electron chi connectivity index (χ1n) is 7.17. The van der Waals surface area contributed by atoms with Crippen LogP contribution in [-0.2, 0) is 4.74 Å². The van der Waals surface area contributed by atoms with Crippen LogP contribution in [0.5, 0.6) is 0 Å². The van der Waals surface area contributed by atoms with Gasteiger partial charge in [-0.2, -0.15) is 0 Å². The van der Waals surface area contributed by atoms with Crippen LogP contribution in [0.1, 0.15) is 17.3 Å². The SMILES string of the molecule is CCOC(=O)c1cccc(-c2cc(-c3ccc(Br)cc3)no2)c1. The summed E-state index contributed by atoms with van der Waals surface area (Å²) in [6, 6.07) is 16.8. The first kappa shape index (κ1) is 15.5. The Hall–Kier alpha value is -2.40. The van der Waals surface area contributed by atoms with Gasteiger partial charge in [-0.1, -0.05) is 45.4 Å². The van der Waals surface area contributed by atoms with E-state index in [2.05, 4.69) is 21.1 Å². The summed E-state index contributed by atoms with van der Waals surface area (Å²) in [6.45, 7) is 2.13. The number of hydrogen-bond acceptors (Lipinski definition) is 4. The molecule has 2 aromatic carbocycles. The zero-order valence-electron chi connectivity index (χ0n) is 12.5. The van der Waals surface area contributed by atoms with E-state index in [0.29, 0.717) is 17.9 Å². The van der Waals surface area contributed by atoms with E-state index in [9.17, 15) is 4.79 Å². The van der Waals surface area contributed by atoms with Gasteiger partial charge in [0.2, 0.25) is 0 Å². The van der Waals surface area contributed by atoms with Gasteiger partial charge in [-0.05, 0) is 31.2 Å². The van der Waals surface area contributed by atoms with E-state index >= 15 is 0 Å². The third kappa shape index (κ3) is 3.51. The van der Waals surface area contributed by atoms with Gasteiger partial charge in [0, 0.05) is 21.7 Å². The van der Waals surface area contributed by atoms with Gasteiger partial charge in [0.25, 0.3) is 0 Å². The molecule has 0 saturated heterocycles. The average Bonchev–Trinajstić information content (AvgIpc) is 3.06. The van der Waals surface area contributed by atoms with Crippen LogP contribution in [0.25, 0.3) is 22.6 Å². The zero-order chi connectivity index (χ0) is 16.2. The minimum atomic E-state index is -0.345. The molecule has 0 fully saturated rings. The van der Waals surface area contributed by atoms with Gasteiger partial charge in [0.15, 0.2) is 5.76 Å². The standard InChI is InChI=1S/C18H14BrNO3/c1-2-22-18(21)14-5-3-4-13(10-14)17-11-16(20-23-17)12-6-8-15(19)9-7-12/h3-11H,2H2,1H3. The summed E-state index contributed by atoms with van der Waals surface area (Å²) in [5.74, 6) is 0.260. The van der Waals surface area contributed by atoms with E-state index in [1.54, 1.807) is 25.1 Å². The van der Waals surface area contributed by atoms with Crippen molar-refractivity contribution < 1.29 is 14.1 Å². The maximum absolute atomic E-state index is 11.8. The third-order valence-corrected chi connectivity index (χ3v) is 3.84. The molecule has 3 rings (SSSR count). The van der Waals surface area contributed by atoms with Crippen LogP contribution in [-0.4, -0.2) is 17.7 Å². The second-order valence-corrected chi connectivity index (χ2v) is 5.80. The highest BCUT2D eigenvalue weighted by atomic mass is 79.9. The molecule has 0 aliphatic rings. The molecule has 0 N–H and O–H groups in total. The summed E-state index contributed by atoms with van der Waals surface area (Å²) in [5.41, 5.74) is 2.98. The summed E-state index contributed by atoms with van der Waals surface area (Å²) in [7, 11) is 0. The number of aromatic nitrogens is 1. The van der Waals surface area contributed by atoms with Crippen LogP contribution in [0.4, 0.5) is 0 Å². The molecule has 5 heteroatoms. The Morgan fingerprint density at radius 1 is 1.13 bits per heavy atom. The lowest BCUT2D eigenvalue weighted by Crippen LogP contribution is -2.04. The predicted molar refractivity (Wildman–Crippen MR) is 91.0 cm³/mol. The van der Waals surface area contributed by atoms with Crippen molar-refractivity contribution in [1.29, 1.82) is 0 Å². The lowest BCUT2D eigenvalue weighted by atomic mass is 10.1. The number of halogens is 1. The first-order chi connectivity index (χ1) is 11.2. The number of rotatable bonds is 4. The van der Waals surface area contributed by atoms with Crippen LogP contribution in [0, 0.1) is 0 Å². The van der Waals surface area contributed by atoms with E-state index in [-0.39, 0.29) is 5.97 Å². The van der Waals surface area contributed by atoms with Crippen molar-refractivity contribution in [3.05, 3.63) is 64.6 Å². The minimum absolute atomic E-state index is 0.345. The molecule has 0 bridgehead atoms. The maximum Gasteiger partial charge on any atom is 0.338 e. The Morgan fingerprint density at radius 3 is 2.65 bits per heavy atom. The van der Waals surface area contributed by atoms with Crippen molar-refractivity contribution in [2.24, 2.45) is 0 Å². The zero-order valence-corrected chi connectivity index (χ0v) is 14.0. The van der Waals surface area contributed by atoms with Crippen molar-refractivity contribution >= 4 is 21.9 Å². The Bertz CT molecular complexity index is 824. The van der Waals surface area contributed by atoms with Crippen LogP contribution in [0.3, 0.4) is 0 Å². The second-order valence-electron chi connectivity index (χ2n) is 4.88. The molecule has 0 unspecified atom stereocenters. The molecule has 0 aliphatic carbocycles. The van der Waals surface area contributed by atoms with E-state index in [0.717, 1.165) is 21.3 Å². The highest BCUT2D eigenvalue weighted by Crippen LogP contribution is 2.27. The van der Waals surface area contributed by atoms with Crippen LogP contribution < -0.4 is 0 Å². The predicted octanol–water partition coefficient (Wildman–Crippen LogP) is 4.95. The monoisotopic (exact) mass is 371 g/mol. The molecule has 1 heterocycles. The highest BCUT2D eigenvalue weighted by molar-refractivity contribution is 9.10. The fraction of sp³-hybridized carbons (Fsp3) is 0.111.